The second kappa shape index (κ2) is 3.44. The molecule has 74 valence electrons. The minimum absolute atomic E-state index is 0.00519. The largest absolute Gasteiger partial charge is 0.257 e. The summed E-state index contributed by atoms with van der Waals surface area (Å²) in [7, 11) is 0. The van der Waals surface area contributed by atoms with Gasteiger partial charge < -0.3 is 0 Å². The third-order valence-corrected chi connectivity index (χ3v) is 2.18. The molecule has 0 aliphatic heterocycles. The molecule has 4 heteroatoms. The third kappa shape index (κ3) is 1.41. The van der Waals surface area contributed by atoms with Crippen LogP contribution in [0.5, 0.6) is 0 Å². The smallest absolute Gasteiger partial charge is 0.170 e. The van der Waals surface area contributed by atoms with E-state index in [1.165, 1.54) is 12.3 Å². The van der Waals surface area contributed by atoms with Crippen LogP contribution in [0.15, 0.2) is 30.5 Å². The van der Waals surface area contributed by atoms with Gasteiger partial charge in [-0.3, -0.25) is 4.98 Å². The number of hydrogen-bond donors (Lipinski definition) is 0. The van der Waals surface area contributed by atoms with Crippen molar-refractivity contribution in [1.29, 1.82) is 0 Å². The van der Waals surface area contributed by atoms with Crippen molar-refractivity contribution in [1.82, 2.24) is 4.98 Å². The van der Waals surface area contributed by atoms with E-state index in [9.17, 15) is 13.2 Å². The standard InChI is InChI=1S/C10H8F3N/c11-7-5-6(9(12)10(7)13)8-3-1-2-4-14-8/h1-5,7,9-10H. The molecule has 0 fully saturated rings. The number of pyridine rings is 1. The molecule has 0 bridgehead atoms. The molecule has 3 atom stereocenters. The first-order chi connectivity index (χ1) is 6.70. The first-order valence-electron chi connectivity index (χ1n) is 4.25. The Morgan fingerprint density at radius 3 is 2.43 bits per heavy atom. The van der Waals surface area contributed by atoms with Gasteiger partial charge in [-0.2, -0.15) is 0 Å². The quantitative estimate of drug-likeness (QED) is 0.677. The van der Waals surface area contributed by atoms with Gasteiger partial charge in [-0.25, -0.2) is 13.2 Å². The zero-order chi connectivity index (χ0) is 10.1. The van der Waals surface area contributed by atoms with Crippen LogP contribution in [0, 0.1) is 0 Å². The predicted molar refractivity (Wildman–Crippen MR) is 46.9 cm³/mol. The number of rotatable bonds is 1. The minimum atomic E-state index is -2.09. The van der Waals surface area contributed by atoms with Crippen molar-refractivity contribution in [2.24, 2.45) is 0 Å². The summed E-state index contributed by atoms with van der Waals surface area (Å²) >= 11 is 0. The van der Waals surface area contributed by atoms with Crippen LogP contribution in [-0.2, 0) is 0 Å². The number of allylic oxidation sites excluding steroid dienone is 2. The molecule has 0 saturated heterocycles. The molecule has 0 spiro atoms. The Hall–Kier alpha value is -1.32. The maximum atomic E-state index is 13.2. The lowest BCUT2D eigenvalue weighted by atomic mass is 10.1. The summed E-state index contributed by atoms with van der Waals surface area (Å²) < 4.78 is 38.8. The zero-order valence-electron chi connectivity index (χ0n) is 7.20. The van der Waals surface area contributed by atoms with Crippen molar-refractivity contribution >= 4 is 5.57 Å². The fourth-order valence-electron chi connectivity index (χ4n) is 1.45. The van der Waals surface area contributed by atoms with Crippen molar-refractivity contribution in [3.8, 4) is 0 Å². The molecule has 0 saturated carbocycles. The van der Waals surface area contributed by atoms with Crippen molar-refractivity contribution < 1.29 is 13.2 Å². The predicted octanol–water partition coefficient (Wildman–Crippen LogP) is 2.49. The van der Waals surface area contributed by atoms with Gasteiger partial charge in [0.25, 0.3) is 0 Å². The Labute approximate surface area is 79.3 Å². The van der Waals surface area contributed by atoms with Gasteiger partial charge in [-0.15, -0.1) is 0 Å². The summed E-state index contributed by atoms with van der Waals surface area (Å²) in [6, 6.07) is 4.84. The molecule has 1 aliphatic carbocycles. The topological polar surface area (TPSA) is 12.9 Å². The average Bonchev–Trinajstić information content (AvgIpc) is 2.47. The van der Waals surface area contributed by atoms with Crippen LogP contribution in [0.1, 0.15) is 5.69 Å². The molecule has 3 unspecified atom stereocenters. The number of halogens is 3. The summed E-state index contributed by atoms with van der Waals surface area (Å²) in [5.41, 5.74) is 0.299. The second-order valence-corrected chi connectivity index (χ2v) is 3.13. The SMILES string of the molecule is FC1C=C(c2ccccn2)C(F)C1F. The van der Waals surface area contributed by atoms with Gasteiger partial charge in [0.15, 0.2) is 18.5 Å². The van der Waals surface area contributed by atoms with E-state index in [-0.39, 0.29) is 5.57 Å². The average molecular weight is 199 g/mol. The Balaban J connectivity index is 2.33. The molecule has 0 N–H and O–H groups in total. The normalized spacial score (nSPS) is 31.6. The minimum Gasteiger partial charge on any atom is -0.257 e. The van der Waals surface area contributed by atoms with E-state index < -0.39 is 18.5 Å². The second-order valence-electron chi connectivity index (χ2n) is 3.13. The fraction of sp³-hybridized carbons (Fsp3) is 0.300. The summed E-state index contributed by atoms with van der Waals surface area (Å²) in [6.07, 6.45) is -3.44. The monoisotopic (exact) mass is 199 g/mol. The van der Waals surface area contributed by atoms with E-state index in [1.54, 1.807) is 12.1 Å². The molecule has 1 heterocycles. The fourth-order valence-corrected chi connectivity index (χ4v) is 1.45. The number of alkyl halides is 3. The maximum Gasteiger partial charge on any atom is 0.170 e. The number of hydrogen-bond acceptors (Lipinski definition) is 1. The van der Waals surface area contributed by atoms with Gasteiger partial charge in [0.2, 0.25) is 0 Å². The van der Waals surface area contributed by atoms with Gasteiger partial charge in [-0.1, -0.05) is 6.07 Å². The van der Waals surface area contributed by atoms with Crippen molar-refractivity contribution in [2.75, 3.05) is 0 Å². The van der Waals surface area contributed by atoms with Gasteiger partial charge in [-0.05, 0) is 18.2 Å². The lowest BCUT2D eigenvalue weighted by Gasteiger charge is -2.07. The molecule has 1 nitrogen and oxygen atoms in total. The highest BCUT2D eigenvalue weighted by Gasteiger charge is 2.38. The Bertz CT molecular complexity index is 350. The summed E-state index contributed by atoms with van der Waals surface area (Å²) in [6.45, 7) is 0. The van der Waals surface area contributed by atoms with E-state index in [1.807, 2.05) is 0 Å². The number of nitrogens with zero attached hydrogens (tertiary/aromatic N) is 1. The molecule has 1 aromatic rings. The molecule has 14 heavy (non-hydrogen) atoms. The van der Waals surface area contributed by atoms with Crippen LogP contribution in [0.3, 0.4) is 0 Å². The Morgan fingerprint density at radius 1 is 1.14 bits per heavy atom. The molecule has 1 aromatic heterocycles. The van der Waals surface area contributed by atoms with Gasteiger partial charge in [0, 0.05) is 11.8 Å². The lowest BCUT2D eigenvalue weighted by molar-refractivity contribution is 0.151. The zero-order valence-corrected chi connectivity index (χ0v) is 7.20. The molecule has 0 radical (unpaired) electrons. The summed E-state index contributed by atoms with van der Waals surface area (Å²) in [5, 5.41) is 0. The molecule has 0 aromatic carbocycles. The van der Waals surface area contributed by atoms with E-state index in [2.05, 4.69) is 4.98 Å². The van der Waals surface area contributed by atoms with Gasteiger partial charge in [0.05, 0.1) is 5.69 Å². The van der Waals surface area contributed by atoms with E-state index in [0.717, 1.165) is 6.08 Å². The Kier molecular flexibility index (Phi) is 2.27. The van der Waals surface area contributed by atoms with Gasteiger partial charge in [0.1, 0.15) is 0 Å². The first-order valence-corrected chi connectivity index (χ1v) is 4.25. The van der Waals surface area contributed by atoms with Crippen LogP contribution in [-0.4, -0.2) is 23.5 Å². The van der Waals surface area contributed by atoms with Crippen LogP contribution in [0.25, 0.3) is 5.57 Å². The van der Waals surface area contributed by atoms with Gasteiger partial charge >= 0.3 is 0 Å². The van der Waals surface area contributed by atoms with E-state index >= 15 is 0 Å². The van der Waals surface area contributed by atoms with Crippen LogP contribution >= 0.6 is 0 Å². The number of aromatic nitrogens is 1. The maximum absolute atomic E-state index is 13.2. The molecule has 2 rings (SSSR count). The van der Waals surface area contributed by atoms with Crippen LogP contribution < -0.4 is 0 Å². The highest BCUT2D eigenvalue weighted by atomic mass is 19.2. The van der Waals surface area contributed by atoms with Crippen LogP contribution in [0.2, 0.25) is 0 Å². The van der Waals surface area contributed by atoms with E-state index in [0.29, 0.717) is 5.69 Å². The lowest BCUT2D eigenvalue weighted by Crippen LogP contribution is -2.20. The summed E-state index contributed by atoms with van der Waals surface area (Å²) in [4.78, 5) is 3.84. The van der Waals surface area contributed by atoms with Crippen molar-refractivity contribution in [2.45, 2.75) is 18.5 Å². The first kappa shape index (κ1) is 9.24. The van der Waals surface area contributed by atoms with Crippen molar-refractivity contribution in [3.05, 3.63) is 36.2 Å². The van der Waals surface area contributed by atoms with E-state index in [4.69, 9.17) is 0 Å². The Morgan fingerprint density at radius 2 is 1.93 bits per heavy atom. The molecule has 0 amide bonds. The van der Waals surface area contributed by atoms with Crippen LogP contribution in [0.4, 0.5) is 13.2 Å². The third-order valence-electron chi connectivity index (χ3n) is 2.18. The molecule has 1 aliphatic rings. The van der Waals surface area contributed by atoms with Crippen molar-refractivity contribution in [3.63, 3.8) is 0 Å². The highest BCUT2D eigenvalue weighted by molar-refractivity contribution is 5.70. The summed E-state index contributed by atoms with van der Waals surface area (Å²) in [5.74, 6) is 0. The highest BCUT2D eigenvalue weighted by Crippen LogP contribution is 2.33. The molecular weight excluding hydrogens is 191 g/mol. The molecular formula is C10H8F3N.